The number of hydrogen-bond acceptors (Lipinski definition) is 7. The van der Waals surface area contributed by atoms with Crippen molar-refractivity contribution >= 4 is 35.4 Å². The van der Waals surface area contributed by atoms with Gasteiger partial charge in [-0.3, -0.25) is 14.4 Å². The Morgan fingerprint density at radius 1 is 1.31 bits per heavy atom. The molecule has 0 spiro atoms. The van der Waals surface area contributed by atoms with Crippen LogP contribution in [0.15, 0.2) is 10.6 Å². The number of carbonyl (C=O) groups is 3. The Morgan fingerprint density at radius 2 is 2.00 bits per heavy atom. The van der Waals surface area contributed by atoms with Gasteiger partial charge in [-0.15, -0.1) is 11.8 Å². The van der Waals surface area contributed by atoms with Gasteiger partial charge in [0.2, 0.25) is 5.91 Å². The SMILES string of the molecule is Cc1cc(NC(=O)CSCC(=O)OCC(=O)N2C[C@@H](C)C[C@H](C)C2)no1. The molecule has 1 aromatic rings. The van der Waals surface area contributed by atoms with E-state index in [1.165, 1.54) is 0 Å². The standard InChI is InChI=1S/C17H25N3O5S/c1-11-4-12(2)7-20(6-11)16(22)8-24-17(23)10-26-9-15(21)18-14-5-13(3)25-19-14/h5,11-12H,4,6-10H2,1-3H3,(H,18,19,21)/t11-,12-/m0/s1. The van der Waals surface area contributed by atoms with Gasteiger partial charge in [-0.05, 0) is 25.2 Å². The summed E-state index contributed by atoms with van der Waals surface area (Å²) in [5.74, 6) is 0.976. The molecule has 1 aromatic heterocycles. The number of thioether (sulfide) groups is 1. The van der Waals surface area contributed by atoms with Crippen molar-refractivity contribution in [1.82, 2.24) is 10.1 Å². The fraction of sp³-hybridized carbons (Fsp3) is 0.647. The first-order chi connectivity index (χ1) is 12.3. The van der Waals surface area contributed by atoms with E-state index in [0.717, 1.165) is 18.2 Å². The highest BCUT2D eigenvalue weighted by Gasteiger charge is 2.25. The second kappa shape index (κ2) is 9.61. The maximum atomic E-state index is 12.1. The van der Waals surface area contributed by atoms with Gasteiger partial charge in [-0.25, -0.2) is 0 Å². The summed E-state index contributed by atoms with van der Waals surface area (Å²) >= 11 is 1.11. The van der Waals surface area contributed by atoms with Gasteiger partial charge in [0.05, 0.1) is 11.5 Å². The zero-order valence-electron chi connectivity index (χ0n) is 15.3. The van der Waals surface area contributed by atoms with Crippen LogP contribution >= 0.6 is 11.8 Å². The van der Waals surface area contributed by atoms with E-state index in [1.807, 2.05) is 0 Å². The van der Waals surface area contributed by atoms with E-state index < -0.39 is 5.97 Å². The number of esters is 1. The summed E-state index contributed by atoms with van der Waals surface area (Å²) in [5, 5.41) is 6.21. The van der Waals surface area contributed by atoms with Crippen LogP contribution < -0.4 is 5.32 Å². The molecule has 1 fully saturated rings. The third-order valence-corrected chi connectivity index (χ3v) is 4.83. The van der Waals surface area contributed by atoms with Crippen LogP contribution in [0.2, 0.25) is 0 Å². The number of piperidine rings is 1. The molecule has 0 aliphatic carbocycles. The summed E-state index contributed by atoms with van der Waals surface area (Å²) in [6.45, 7) is 7.12. The minimum absolute atomic E-state index is 0.00531. The number of hydrogen-bond donors (Lipinski definition) is 1. The van der Waals surface area contributed by atoms with Crippen molar-refractivity contribution in [3.63, 3.8) is 0 Å². The van der Waals surface area contributed by atoms with E-state index in [-0.39, 0.29) is 29.9 Å². The Balaban J connectivity index is 1.61. The number of nitrogens with one attached hydrogen (secondary N) is 1. The van der Waals surface area contributed by atoms with Crippen molar-refractivity contribution < 1.29 is 23.6 Å². The number of ether oxygens (including phenoxy) is 1. The van der Waals surface area contributed by atoms with Crippen molar-refractivity contribution in [2.75, 3.05) is 36.5 Å². The number of anilines is 1. The predicted molar refractivity (Wildman–Crippen MR) is 97.7 cm³/mol. The number of aromatic nitrogens is 1. The van der Waals surface area contributed by atoms with E-state index in [4.69, 9.17) is 9.26 Å². The van der Waals surface area contributed by atoms with E-state index >= 15 is 0 Å². The molecule has 2 rings (SSSR count). The molecule has 0 aromatic carbocycles. The molecule has 2 amide bonds. The van der Waals surface area contributed by atoms with E-state index in [2.05, 4.69) is 24.3 Å². The molecule has 0 saturated carbocycles. The molecule has 2 atom stereocenters. The van der Waals surface area contributed by atoms with Crippen LogP contribution in [-0.2, 0) is 19.1 Å². The summed E-state index contributed by atoms with van der Waals surface area (Å²) in [6, 6.07) is 1.60. The largest absolute Gasteiger partial charge is 0.455 e. The predicted octanol–water partition coefficient (Wildman–Crippen LogP) is 1.70. The van der Waals surface area contributed by atoms with Gasteiger partial charge in [0, 0.05) is 19.2 Å². The number of carbonyl (C=O) groups excluding carboxylic acids is 3. The third-order valence-electron chi connectivity index (χ3n) is 3.93. The first-order valence-electron chi connectivity index (χ1n) is 8.57. The van der Waals surface area contributed by atoms with E-state index in [1.54, 1.807) is 17.9 Å². The van der Waals surface area contributed by atoms with Crippen LogP contribution in [0.1, 0.15) is 26.0 Å². The maximum Gasteiger partial charge on any atom is 0.316 e. The number of nitrogens with zero attached hydrogens (tertiary/aromatic N) is 2. The zero-order valence-corrected chi connectivity index (χ0v) is 16.1. The van der Waals surface area contributed by atoms with Crippen LogP contribution in [0.25, 0.3) is 0 Å². The van der Waals surface area contributed by atoms with Gasteiger partial charge >= 0.3 is 5.97 Å². The van der Waals surface area contributed by atoms with Crippen LogP contribution in [0.4, 0.5) is 5.82 Å². The van der Waals surface area contributed by atoms with Gasteiger partial charge in [-0.1, -0.05) is 19.0 Å². The molecule has 26 heavy (non-hydrogen) atoms. The van der Waals surface area contributed by atoms with Crippen LogP contribution in [0, 0.1) is 18.8 Å². The van der Waals surface area contributed by atoms with E-state index in [0.29, 0.717) is 36.5 Å². The molecule has 1 N–H and O–H groups in total. The maximum absolute atomic E-state index is 12.1. The average Bonchev–Trinajstić information content (AvgIpc) is 2.96. The molecule has 8 nitrogen and oxygen atoms in total. The molecule has 0 radical (unpaired) electrons. The highest BCUT2D eigenvalue weighted by Crippen LogP contribution is 2.20. The van der Waals surface area contributed by atoms with Crippen LogP contribution in [0.3, 0.4) is 0 Å². The zero-order chi connectivity index (χ0) is 19.1. The van der Waals surface area contributed by atoms with Gasteiger partial charge < -0.3 is 19.5 Å². The van der Waals surface area contributed by atoms with Crippen LogP contribution in [0.5, 0.6) is 0 Å². The summed E-state index contributed by atoms with van der Waals surface area (Å²) in [5.41, 5.74) is 0. The van der Waals surface area contributed by atoms with E-state index in [9.17, 15) is 14.4 Å². The molecule has 144 valence electrons. The Morgan fingerprint density at radius 3 is 2.62 bits per heavy atom. The van der Waals surface area contributed by atoms with Gasteiger partial charge in [0.25, 0.3) is 5.91 Å². The minimum atomic E-state index is -0.508. The van der Waals surface area contributed by atoms with Gasteiger partial charge in [-0.2, -0.15) is 0 Å². The lowest BCUT2D eigenvalue weighted by Gasteiger charge is -2.34. The molecular formula is C17H25N3O5S. The number of amides is 2. The summed E-state index contributed by atoms with van der Waals surface area (Å²) in [6.07, 6.45) is 1.11. The Bertz CT molecular complexity index is 638. The number of aryl methyl sites for hydroxylation is 1. The summed E-state index contributed by atoms with van der Waals surface area (Å²) in [7, 11) is 0. The molecule has 1 aliphatic rings. The normalized spacial score (nSPS) is 19.9. The Labute approximate surface area is 157 Å². The van der Waals surface area contributed by atoms with Gasteiger partial charge in [0.1, 0.15) is 5.76 Å². The first kappa shape index (κ1) is 20.3. The highest BCUT2D eigenvalue weighted by molar-refractivity contribution is 8.00. The van der Waals surface area contributed by atoms with Crippen molar-refractivity contribution in [1.29, 1.82) is 0 Å². The lowest BCUT2D eigenvalue weighted by molar-refractivity contribution is -0.151. The molecule has 1 saturated heterocycles. The number of likely N-dealkylation sites (tertiary alicyclic amines) is 1. The van der Waals surface area contributed by atoms with Crippen molar-refractivity contribution in [3.05, 3.63) is 11.8 Å². The lowest BCUT2D eigenvalue weighted by atomic mass is 9.92. The quantitative estimate of drug-likeness (QED) is 0.715. The molecule has 2 heterocycles. The second-order valence-corrected chi connectivity index (χ2v) is 7.75. The fourth-order valence-electron chi connectivity index (χ4n) is 2.97. The molecular weight excluding hydrogens is 358 g/mol. The smallest absolute Gasteiger partial charge is 0.316 e. The first-order valence-corrected chi connectivity index (χ1v) is 9.73. The van der Waals surface area contributed by atoms with Crippen molar-refractivity contribution in [3.8, 4) is 0 Å². The molecule has 0 unspecified atom stereocenters. The third kappa shape index (κ3) is 6.70. The van der Waals surface area contributed by atoms with Crippen LogP contribution in [-0.4, -0.2) is 59.0 Å². The van der Waals surface area contributed by atoms with Gasteiger partial charge in [0.15, 0.2) is 12.4 Å². The molecule has 1 aliphatic heterocycles. The highest BCUT2D eigenvalue weighted by atomic mass is 32.2. The topological polar surface area (TPSA) is 102 Å². The molecule has 9 heteroatoms. The monoisotopic (exact) mass is 383 g/mol. The molecule has 0 bridgehead atoms. The summed E-state index contributed by atoms with van der Waals surface area (Å²) < 4.78 is 9.86. The van der Waals surface area contributed by atoms with Crippen molar-refractivity contribution in [2.24, 2.45) is 11.8 Å². The Hall–Kier alpha value is -2.03. The second-order valence-electron chi connectivity index (χ2n) is 6.77. The lowest BCUT2D eigenvalue weighted by Crippen LogP contribution is -2.44. The summed E-state index contributed by atoms with van der Waals surface area (Å²) in [4.78, 5) is 37.3. The fourth-order valence-corrected chi connectivity index (χ4v) is 3.58. The number of rotatable bonds is 7. The van der Waals surface area contributed by atoms with Crippen molar-refractivity contribution in [2.45, 2.75) is 27.2 Å². The Kier molecular flexibility index (Phi) is 7.50. The average molecular weight is 383 g/mol. The minimum Gasteiger partial charge on any atom is -0.455 e.